The molecule has 1 amide bonds. The van der Waals surface area contributed by atoms with Gasteiger partial charge in [-0.15, -0.1) is 0 Å². The molecular weight excluding hydrogens is 231 g/mol. The average Bonchev–Trinajstić information content (AvgIpc) is 2.38. The molecule has 2 N–H and O–H groups in total. The van der Waals surface area contributed by atoms with Crippen LogP contribution in [0.25, 0.3) is 0 Å². The Bertz CT molecular complexity index is 439. The van der Waals surface area contributed by atoms with Crippen LogP contribution in [-0.4, -0.2) is 30.4 Å². The van der Waals surface area contributed by atoms with Gasteiger partial charge in [-0.25, -0.2) is 4.39 Å². The molecule has 2 rings (SSSR count). The molecule has 1 aromatic rings. The van der Waals surface area contributed by atoms with E-state index in [-0.39, 0.29) is 11.5 Å². The van der Waals surface area contributed by atoms with E-state index in [4.69, 9.17) is 5.73 Å². The van der Waals surface area contributed by atoms with Gasteiger partial charge in [0.2, 0.25) is 0 Å². The minimum absolute atomic E-state index is 0.173. The molecule has 1 aliphatic rings. The van der Waals surface area contributed by atoms with Crippen LogP contribution in [-0.2, 0) is 0 Å². The van der Waals surface area contributed by atoms with Gasteiger partial charge < -0.3 is 10.6 Å². The Morgan fingerprint density at radius 1 is 1.44 bits per heavy atom. The van der Waals surface area contributed by atoms with Crippen molar-refractivity contribution < 1.29 is 9.18 Å². The number of carbonyl (C=O) groups is 1. The lowest BCUT2D eigenvalue weighted by molar-refractivity contribution is 0.0688. The third-order valence-corrected chi connectivity index (χ3v) is 3.59. The van der Waals surface area contributed by atoms with Crippen molar-refractivity contribution in [3.05, 3.63) is 35.1 Å². The topological polar surface area (TPSA) is 46.3 Å². The van der Waals surface area contributed by atoms with Gasteiger partial charge in [0.1, 0.15) is 5.82 Å². The maximum atomic E-state index is 13.7. The number of likely N-dealkylation sites (tertiary alicyclic amines) is 1. The van der Waals surface area contributed by atoms with E-state index in [2.05, 4.69) is 0 Å². The fraction of sp³-hybridized carbons (Fsp3) is 0.500. The first kappa shape index (κ1) is 13.0. The summed E-state index contributed by atoms with van der Waals surface area (Å²) in [4.78, 5) is 13.9. The van der Waals surface area contributed by atoms with Gasteiger partial charge in [0.05, 0.1) is 5.56 Å². The number of hydrogen-bond donors (Lipinski definition) is 1. The van der Waals surface area contributed by atoms with Gasteiger partial charge in [0.25, 0.3) is 5.91 Å². The smallest absolute Gasteiger partial charge is 0.256 e. The highest BCUT2D eigenvalue weighted by Gasteiger charge is 2.24. The molecule has 1 aromatic carbocycles. The van der Waals surface area contributed by atoms with Crippen LogP contribution in [0.15, 0.2) is 18.2 Å². The van der Waals surface area contributed by atoms with Gasteiger partial charge >= 0.3 is 0 Å². The average molecular weight is 250 g/mol. The summed E-state index contributed by atoms with van der Waals surface area (Å²) in [6, 6.07) is 4.74. The molecular formula is C14H19FN2O. The summed E-state index contributed by atoms with van der Waals surface area (Å²) < 4.78 is 13.7. The normalized spacial score (nSPS) is 16.9. The van der Waals surface area contributed by atoms with Crippen molar-refractivity contribution in [2.75, 3.05) is 19.6 Å². The first-order valence-corrected chi connectivity index (χ1v) is 6.37. The lowest BCUT2D eigenvalue weighted by atomic mass is 9.96. The van der Waals surface area contributed by atoms with Crippen LogP contribution in [0.5, 0.6) is 0 Å². The Balaban J connectivity index is 2.08. The summed E-state index contributed by atoms with van der Waals surface area (Å²) in [6.45, 7) is 3.83. The molecule has 0 unspecified atom stereocenters. The van der Waals surface area contributed by atoms with Crippen molar-refractivity contribution in [1.82, 2.24) is 4.90 Å². The molecule has 0 bridgehead atoms. The Hall–Kier alpha value is -1.42. The van der Waals surface area contributed by atoms with E-state index in [1.54, 1.807) is 17.0 Å². The number of rotatable bonds is 2. The van der Waals surface area contributed by atoms with E-state index in [0.29, 0.717) is 25.6 Å². The summed E-state index contributed by atoms with van der Waals surface area (Å²) in [7, 11) is 0. The van der Waals surface area contributed by atoms with Crippen LogP contribution in [0.4, 0.5) is 4.39 Å². The van der Waals surface area contributed by atoms with Crippen molar-refractivity contribution in [1.29, 1.82) is 0 Å². The number of halogens is 1. The first-order valence-electron chi connectivity index (χ1n) is 6.37. The highest BCUT2D eigenvalue weighted by Crippen LogP contribution is 2.19. The summed E-state index contributed by atoms with van der Waals surface area (Å²) in [5.41, 5.74) is 6.61. The first-order chi connectivity index (χ1) is 8.61. The molecule has 0 spiro atoms. The molecule has 1 aliphatic heterocycles. The van der Waals surface area contributed by atoms with E-state index < -0.39 is 5.82 Å². The lowest BCUT2D eigenvalue weighted by Crippen LogP contribution is -2.40. The van der Waals surface area contributed by atoms with E-state index >= 15 is 0 Å². The fourth-order valence-electron chi connectivity index (χ4n) is 2.34. The predicted molar refractivity (Wildman–Crippen MR) is 68.8 cm³/mol. The van der Waals surface area contributed by atoms with Crippen LogP contribution >= 0.6 is 0 Å². The van der Waals surface area contributed by atoms with Crippen molar-refractivity contribution in [3.63, 3.8) is 0 Å². The molecule has 18 heavy (non-hydrogen) atoms. The zero-order valence-electron chi connectivity index (χ0n) is 10.7. The third kappa shape index (κ3) is 2.70. The molecule has 1 saturated heterocycles. The SMILES string of the molecule is Cc1ccc(C(=O)N2CCC(CN)CC2)c(F)c1. The molecule has 0 aliphatic carbocycles. The van der Waals surface area contributed by atoms with E-state index in [9.17, 15) is 9.18 Å². The standard InChI is InChI=1S/C14H19FN2O/c1-10-2-3-12(13(15)8-10)14(18)17-6-4-11(9-16)5-7-17/h2-3,8,11H,4-7,9,16H2,1H3. The van der Waals surface area contributed by atoms with Gasteiger partial charge in [-0.05, 0) is 49.9 Å². The Morgan fingerprint density at radius 3 is 2.67 bits per heavy atom. The van der Waals surface area contributed by atoms with Crippen LogP contribution in [0.1, 0.15) is 28.8 Å². The lowest BCUT2D eigenvalue weighted by Gasteiger charge is -2.31. The fourth-order valence-corrected chi connectivity index (χ4v) is 2.34. The van der Waals surface area contributed by atoms with Gasteiger partial charge in [0.15, 0.2) is 0 Å². The molecule has 0 atom stereocenters. The third-order valence-electron chi connectivity index (χ3n) is 3.59. The number of benzene rings is 1. The largest absolute Gasteiger partial charge is 0.339 e. The zero-order chi connectivity index (χ0) is 13.1. The number of carbonyl (C=O) groups excluding carboxylic acids is 1. The summed E-state index contributed by atoms with van der Waals surface area (Å²) in [6.07, 6.45) is 1.82. The number of hydrogen-bond acceptors (Lipinski definition) is 2. The highest BCUT2D eigenvalue weighted by molar-refractivity contribution is 5.94. The summed E-state index contributed by atoms with van der Waals surface area (Å²) in [5.74, 6) is -0.138. The number of nitrogens with zero attached hydrogens (tertiary/aromatic N) is 1. The van der Waals surface area contributed by atoms with Crippen LogP contribution in [0.2, 0.25) is 0 Å². The molecule has 98 valence electrons. The second-order valence-electron chi connectivity index (χ2n) is 4.95. The van der Waals surface area contributed by atoms with Crippen LogP contribution < -0.4 is 5.73 Å². The zero-order valence-corrected chi connectivity index (χ0v) is 10.7. The minimum atomic E-state index is -0.430. The molecule has 0 aromatic heterocycles. The maximum absolute atomic E-state index is 13.7. The van der Waals surface area contributed by atoms with Gasteiger partial charge in [-0.3, -0.25) is 4.79 Å². The summed E-state index contributed by atoms with van der Waals surface area (Å²) >= 11 is 0. The van der Waals surface area contributed by atoms with E-state index in [0.717, 1.165) is 18.4 Å². The Labute approximate surface area is 107 Å². The number of amides is 1. The second-order valence-corrected chi connectivity index (χ2v) is 4.95. The quantitative estimate of drug-likeness (QED) is 0.872. The minimum Gasteiger partial charge on any atom is -0.339 e. The van der Waals surface area contributed by atoms with Gasteiger partial charge in [0, 0.05) is 13.1 Å². The van der Waals surface area contributed by atoms with Gasteiger partial charge in [-0.1, -0.05) is 6.07 Å². The van der Waals surface area contributed by atoms with Crippen molar-refractivity contribution in [3.8, 4) is 0 Å². The Kier molecular flexibility index (Phi) is 3.97. The number of piperidine rings is 1. The maximum Gasteiger partial charge on any atom is 0.256 e. The molecule has 1 heterocycles. The highest BCUT2D eigenvalue weighted by atomic mass is 19.1. The molecule has 0 saturated carbocycles. The van der Waals surface area contributed by atoms with E-state index in [1.807, 2.05) is 6.92 Å². The molecule has 4 heteroatoms. The number of aryl methyl sites for hydroxylation is 1. The second kappa shape index (κ2) is 5.48. The van der Waals surface area contributed by atoms with Crippen molar-refractivity contribution in [2.45, 2.75) is 19.8 Å². The molecule has 1 fully saturated rings. The van der Waals surface area contributed by atoms with Crippen LogP contribution in [0.3, 0.4) is 0 Å². The molecule has 0 radical (unpaired) electrons. The number of nitrogens with two attached hydrogens (primary N) is 1. The van der Waals surface area contributed by atoms with Gasteiger partial charge in [-0.2, -0.15) is 0 Å². The molecule has 3 nitrogen and oxygen atoms in total. The van der Waals surface area contributed by atoms with Crippen molar-refractivity contribution in [2.24, 2.45) is 11.7 Å². The Morgan fingerprint density at radius 2 is 2.11 bits per heavy atom. The van der Waals surface area contributed by atoms with Crippen molar-refractivity contribution >= 4 is 5.91 Å². The van der Waals surface area contributed by atoms with Crippen LogP contribution in [0, 0.1) is 18.7 Å². The predicted octanol–water partition coefficient (Wildman–Crippen LogP) is 1.95. The summed E-state index contributed by atoms with van der Waals surface area (Å²) in [5, 5.41) is 0. The monoisotopic (exact) mass is 250 g/mol. The van der Waals surface area contributed by atoms with E-state index in [1.165, 1.54) is 6.07 Å².